The highest BCUT2D eigenvalue weighted by atomic mass is 15.3. The van der Waals surface area contributed by atoms with Crippen molar-refractivity contribution in [3.63, 3.8) is 0 Å². The molecule has 0 saturated carbocycles. The second-order valence-electron chi connectivity index (χ2n) is 5.51. The first-order chi connectivity index (χ1) is 9.81. The molecule has 0 radical (unpaired) electrons. The van der Waals surface area contributed by atoms with Crippen LogP contribution in [0.15, 0.2) is 24.3 Å². The normalized spacial score (nSPS) is 16.6. The molecule has 112 valence electrons. The van der Waals surface area contributed by atoms with Crippen LogP contribution in [-0.4, -0.2) is 57.3 Å². The molecule has 0 aliphatic carbocycles. The van der Waals surface area contributed by atoms with Crippen molar-refractivity contribution in [1.29, 1.82) is 0 Å². The molecule has 3 N–H and O–H groups in total. The molecule has 0 atom stereocenters. The van der Waals surface area contributed by atoms with Gasteiger partial charge in [0.2, 0.25) is 0 Å². The molecule has 1 fully saturated rings. The number of para-hydroxylation sites is 1. The van der Waals surface area contributed by atoms with Gasteiger partial charge in [0, 0.05) is 45.0 Å². The molecule has 1 aliphatic rings. The number of anilines is 1. The topological polar surface area (TPSA) is 44.5 Å². The van der Waals surface area contributed by atoms with Crippen LogP contribution in [0.4, 0.5) is 5.69 Å². The van der Waals surface area contributed by atoms with E-state index >= 15 is 0 Å². The van der Waals surface area contributed by atoms with E-state index in [9.17, 15) is 0 Å². The lowest BCUT2D eigenvalue weighted by molar-refractivity contribution is 0.254. The van der Waals surface area contributed by atoms with Crippen molar-refractivity contribution in [3.05, 3.63) is 29.8 Å². The maximum absolute atomic E-state index is 5.46. The molecule has 0 unspecified atom stereocenters. The average molecular weight is 276 g/mol. The number of rotatable bonds is 7. The molecule has 0 aromatic heterocycles. The summed E-state index contributed by atoms with van der Waals surface area (Å²) in [6.07, 6.45) is 1.21. The van der Waals surface area contributed by atoms with E-state index in [0.29, 0.717) is 0 Å². The highest BCUT2D eigenvalue weighted by Crippen LogP contribution is 2.20. The van der Waals surface area contributed by atoms with Crippen LogP contribution in [0.1, 0.15) is 12.0 Å². The van der Waals surface area contributed by atoms with Crippen molar-refractivity contribution >= 4 is 5.69 Å². The van der Waals surface area contributed by atoms with Gasteiger partial charge in [-0.15, -0.1) is 0 Å². The average Bonchev–Trinajstić information content (AvgIpc) is 2.48. The van der Waals surface area contributed by atoms with Crippen LogP contribution in [0.25, 0.3) is 0 Å². The standard InChI is InChI=1S/C16H28N4/c1-15-5-2-3-6-16(15)20-13-11-19(12-14-20)10-4-8-18-9-7-17/h2-3,5-6,18H,4,7-14,17H2,1H3. The third-order valence-electron chi connectivity index (χ3n) is 3.98. The van der Waals surface area contributed by atoms with Gasteiger partial charge in [0.25, 0.3) is 0 Å². The maximum Gasteiger partial charge on any atom is 0.0396 e. The number of hydrogen-bond acceptors (Lipinski definition) is 4. The van der Waals surface area contributed by atoms with Gasteiger partial charge >= 0.3 is 0 Å². The fourth-order valence-corrected chi connectivity index (χ4v) is 2.79. The zero-order valence-corrected chi connectivity index (χ0v) is 12.6. The van der Waals surface area contributed by atoms with Crippen molar-refractivity contribution < 1.29 is 0 Å². The van der Waals surface area contributed by atoms with Crippen LogP contribution in [0.5, 0.6) is 0 Å². The number of piperazine rings is 1. The Bertz CT molecular complexity index is 386. The molecule has 20 heavy (non-hydrogen) atoms. The molecule has 1 heterocycles. The molecular weight excluding hydrogens is 248 g/mol. The summed E-state index contributed by atoms with van der Waals surface area (Å²) < 4.78 is 0. The highest BCUT2D eigenvalue weighted by molar-refractivity contribution is 5.53. The van der Waals surface area contributed by atoms with Crippen molar-refractivity contribution in [2.75, 3.05) is 57.3 Å². The molecule has 0 amide bonds. The zero-order valence-electron chi connectivity index (χ0n) is 12.6. The minimum atomic E-state index is 0.731. The van der Waals surface area contributed by atoms with Crippen LogP contribution >= 0.6 is 0 Å². The van der Waals surface area contributed by atoms with Gasteiger partial charge in [0.05, 0.1) is 0 Å². The Morgan fingerprint density at radius 2 is 1.85 bits per heavy atom. The third kappa shape index (κ3) is 4.47. The second kappa shape index (κ2) is 8.25. The number of benzene rings is 1. The lowest BCUT2D eigenvalue weighted by Crippen LogP contribution is -2.47. The van der Waals surface area contributed by atoms with E-state index in [-0.39, 0.29) is 0 Å². The van der Waals surface area contributed by atoms with Gasteiger partial charge < -0.3 is 16.0 Å². The summed E-state index contributed by atoms with van der Waals surface area (Å²) in [5, 5.41) is 3.35. The summed E-state index contributed by atoms with van der Waals surface area (Å²) >= 11 is 0. The van der Waals surface area contributed by atoms with Crippen molar-refractivity contribution in [3.8, 4) is 0 Å². The molecule has 1 aromatic carbocycles. The summed E-state index contributed by atoms with van der Waals surface area (Å²) in [5.74, 6) is 0. The molecular formula is C16H28N4. The highest BCUT2D eigenvalue weighted by Gasteiger charge is 2.17. The Hall–Kier alpha value is -1.10. The van der Waals surface area contributed by atoms with Gasteiger partial charge in [-0.25, -0.2) is 0 Å². The molecule has 2 rings (SSSR count). The van der Waals surface area contributed by atoms with Gasteiger partial charge in [0.1, 0.15) is 0 Å². The van der Waals surface area contributed by atoms with Crippen LogP contribution < -0.4 is 16.0 Å². The van der Waals surface area contributed by atoms with E-state index in [0.717, 1.165) is 32.7 Å². The number of nitrogens with one attached hydrogen (secondary N) is 1. The van der Waals surface area contributed by atoms with Gasteiger partial charge in [-0.3, -0.25) is 4.90 Å². The largest absolute Gasteiger partial charge is 0.369 e. The summed E-state index contributed by atoms with van der Waals surface area (Å²) in [4.78, 5) is 5.08. The van der Waals surface area contributed by atoms with E-state index in [1.165, 1.54) is 37.3 Å². The zero-order chi connectivity index (χ0) is 14.2. The monoisotopic (exact) mass is 276 g/mol. The van der Waals surface area contributed by atoms with E-state index in [1.807, 2.05) is 0 Å². The molecule has 0 spiro atoms. The minimum Gasteiger partial charge on any atom is -0.369 e. The summed E-state index contributed by atoms with van der Waals surface area (Å²) in [6.45, 7) is 10.8. The fourth-order valence-electron chi connectivity index (χ4n) is 2.79. The van der Waals surface area contributed by atoms with Gasteiger partial charge in [0.15, 0.2) is 0 Å². The minimum absolute atomic E-state index is 0.731. The van der Waals surface area contributed by atoms with Crippen molar-refractivity contribution in [2.45, 2.75) is 13.3 Å². The molecule has 1 saturated heterocycles. The van der Waals surface area contributed by atoms with Crippen LogP contribution in [0, 0.1) is 6.92 Å². The number of aryl methyl sites for hydroxylation is 1. The van der Waals surface area contributed by atoms with E-state index in [2.05, 4.69) is 46.3 Å². The first kappa shape index (κ1) is 15.3. The van der Waals surface area contributed by atoms with E-state index in [1.54, 1.807) is 0 Å². The Balaban J connectivity index is 1.69. The van der Waals surface area contributed by atoms with Gasteiger partial charge in [-0.1, -0.05) is 18.2 Å². The summed E-state index contributed by atoms with van der Waals surface area (Å²) in [6, 6.07) is 8.69. The fraction of sp³-hybridized carbons (Fsp3) is 0.625. The predicted octanol–water partition coefficient (Wildman–Crippen LogP) is 1.06. The molecule has 4 nitrogen and oxygen atoms in total. The molecule has 0 bridgehead atoms. The van der Waals surface area contributed by atoms with Gasteiger partial charge in [-0.2, -0.15) is 0 Å². The lowest BCUT2D eigenvalue weighted by atomic mass is 10.1. The molecule has 1 aliphatic heterocycles. The smallest absolute Gasteiger partial charge is 0.0396 e. The molecule has 4 heteroatoms. The molecule has 1 aromatic rings. The first-order valence-corrected chi connectivity index (χ1v) is 7.75. The first-order valence-electron chi connectivity index (χ1n) is 7.75. The van der Waals surface area contributed by atoms with E-state index in [4.69, 9.17) is 5.73 Å². The number of nitrogens with zero attached hydrogens (tertiary/aromatic N) is 2. The van der Waals surface area contributed by atoms with Crippen LogP contribution in [0.3, 0.4) is 0 Å². The summed E-state index contributed by atoms with van der Waals surface area (Å²) in [5.41, 5.74) is 8.24. The quantitative estimate of drug-likeness (QED) is 0.731. The Morgan fingerprint density at radius 3 is 2.55 bits per heavy atom. The predicted molar refractivity (Wildman–Crippen MR) is 86.4 cm³/mol. The number of hydrogen-bond donors (Lipinski definition) is 2. The van der Waals surface area contributed by atoms with E-state index < -0.39 is 0 Å². The summed E-state index contributed by atoms with van der Waals surface area (Å²) in [7, 11) is 0. The maximum atomic E-state index is 5.46. The van der Waals surface area contributed by atoms with Crippen molar-refractivity contribution in [1.82, 2.24) is 10.2 Å². The Kier molecular flexibility index (Phi) is 6.30. The van der Waals surface area contributed by atoms with Crippen LogP contribution in [-0.2, 0) is 0 Å². The SMILES string of the molecule is Cc1ccccc1N1CCN(CCCNCCN)CC1. The Morgan fingerprint density at radius 1 is 1.10 bits per heavy atom. The Labute approximate surface area is 122 Å². The van der Waals surface area contributed by atoms with Crippen molar-refractivity contribution in [2.24, 2.45) is 5.73 Å². The number of nitrogens with two attached hydrogens (primary N) is 1. The lowest BCUT2D eigenvalue weighted by Gasteiger charge is -2.36. The third-order valence-corrected chi connectivity index (χ3v) is 3.98. The van der Waals surface area contributed by atoms with Gasteiger partial charge in [-0.05, 0) is 38.1 Å². The second-order valence-corrected chi connectivity index (χ2v) is 5.51. The van der Waals surface area contributed by atoms with Crippen LogP contribution in [0.2, 0.25) is 0 Å².